The lowest BCUT2D eigenvalue weighted by Crippen LogP contribution is -2.42. The lowest BCUT2D eigenvalue weighted by molar-refractivity contribution is 0.559. The summed E-state index contributed by atoms with van der Waals surface area (Å²) in [6, 6.07) is 8.83. The predicted molar refractivity (Wildman–Crippen MR) is 87.0 cm³/mol. The second-order valence-electron chi connectivity index (χ2n) is 4.67. The van der Waals surface area contributed by atoms with Crippen molar-refractivity contribution in [1.29, 1.82) is 0 Å². The molecule has 124 valence electrons. The Morgan fingerprint density at radius 1 is 0.958 bits per heavy atom. The molecule has 0 unspecified atom stereocenters. The number of hydrogen-bond donors (Lipinski definition) is 0. The van der Waals surface area contributed by atoms with Crippen LogP contribution in [0.4, 0.5) is 0 Å². The van der Waals surface area contributed by atoms with Crippen LogP contribution in [0.5, 0.6) is 0 Å². The fourth-order valence-electron chi connectivity index (χ4n) is 2.20. The van der Waals surface area contributed by atoms with Crippen LogP contribution in [0.15, 0.2) is 57.6 Å². The average Bonchev–Trinajstić information content (AvgIpc) is 2.55. The topological polar surface area (TPSA) is 166 Å². The minimum Gasteiger partial charge on any atom is -0.219 e. The van der Waals surface area contributed by atoms with Gasteiger partial charge in [0, 0.05) is 25.3 Å². The van der Waals surface area contributed by atoms with E-state index >= 15 is 0 Å². The minimum atomic E-state index is -4.86. The van der Waals surface area contributed by atoms with Crippen molar-refractivity contribution in [3.05, 3.63) is 75.0 Å². The zero-order valence-electron chi connectivity index (χ0n) is 12.0. The number of sulfonamides is 2. The van der Waals surface area contributed by atoms with E-state index in [4.69, 9.17) is 11.1 Å². The van der Waals surface area contributed by atoms with E-state index in [1.807, 2.05) is 0 Å². The van der Waals surface area contributed by atoms with Crippen LogP contribution < -0.4 is 0 Å². The van der Waals surface area contributed by atoms with E-state index in [9.17, 15) is 16.8 Å². The van der Waals surface area contributed by atoms with Gasteiger partial charge < -0.3 is 0 Å². The van der Waals surface area contributed by atoms with Gasteiger partial charge in [-0.2, -0.15) is 0 Å². The number of hydrogen-bond acceptors (Lipinski definition) is 4. The van der Waals surface area contributed by atoms with Crippen molar-refractivity contribution in [3.8, 4) is 0 Å². The summed E-state index contributed by atoms with van der Waals surface area (Å²) in [4.78, 5) is 4.32. The zero-order valence-corrected chi connectivity index (χ0v) is 13.6. The first-order valence-electron chi connectivity index (χ1n) is 6.36. The lowest BCUT2D eigenvalue weighted by atomic mass is 9.99. The summed E-state index contributed by atoms with van der Waals surface area (Å²) in [5.41, 5.74) is 18.2. The highest BCUT2D eigenvalue weighted by Crippen LogP contribution is 2.39. The van der Waals surface area contributed by atoms with Gasteiger partial charge in [0.2, 0.25) is 4.08 Å². The van der Waals surface area contributed by atoms with Gasteiger partial charge in [0.05, 0.1) is 0 Å². The standard InChI is InChI=1S/C12H10N6O4S2/c13-15-17-23(19,20)12(24(21,22)18-16-14)8-6-11(7-9-12)10-4-2-1-3-5-10/h1-8H,9H2. The van der Waals surface area contributed by atoms with Gasteiger partial charge in [-0.15, -0.1) is 0 Å². The maximum atomic E-state index is 12.2. The number of allylic oxidation sites excluding steroid dienone is 3. The fraction of sp³-hybridized carbons (Fsp3) is 0.167. The molecule has 0 amide bonds. The van der Waals surface area contributed by atoms with Gasteiger partial charge in [-0.25, -0.2) is 16.8 Å². The molecule has 0 bridgehead atoms. The van der Waals surface area contributed by atoms with Crippen LogP contribution in [0.1, 0.15) is 12.0 Å². The smallest absolute Gasteiger partial charge is 0.219 e. The molecular formula is C12H10N6O4S2. The molecule has 12 heteroatoms. The molecule has 2 rings (SSSR count). The molecule has 0 fully saturated rings. The first-order chi connectivity index (χ1) is 11.3. The van der Waals surface area contributed by atoms with E-state index in [0.717, 1.165) is 11.6 Å². The Labute approximate surface area is 137 Å². The van der Waals surface area contributed by atoms with Crippen LogP contribution in [0.2, 0.25) is 0 Å². The Balaban J connectivity index is 2.63. The lowest BCUT2D eigenvalue weighted by Gasteiger charge is -2.27. The number of rotatable bonds is 5. The first kappa shape index (κ1) is 17.6. The van der Waals surface area contributed by atoms with Gasteiger partial charge in [0.15, 0.2) is 0 Å². The Hall–Kier alpha value is -2.78. The number of nitrogens with zero attached hydrogens (tertiary/aromatic N) is 6. The summed E-state index contributed by atoms with van der Waals surface area (Å²) in [6.45, 7) is 0. The molecule has 10 nitrogen and oxygen atoms in total. The summed E-state index contributed by atoms with van der Waals surface area (Å²) in [7, 11) is -9.71. The second kappa shape index (κ2) is 6.38. The molecule has 1 aliphatic carbocycles. The molecule has 0 saturated heterocycles. The van der Waals surface area contributed by atoms with E-state index in [1.54, 1.807) is 30.3 Å². The van der Waals surface area contributed by atoms with E-state index in [-0.39, 0.29) is 0 Å². The molecule has 0 heterocycles. The summed E-state index contributed by atoms with van der Waals surface area (Å²) in [5, 5.41) is 0. The third-order valence-electron chi connectivity index (χ3n) is 3.39. The monoisotopic (exact) mass is 366 g/mol. The molecule has 24 heavy (non-hydrogen) atoms. The third-order valence-corrected chi connectivity index (χ3v) is 7.58. The van der Waals surface area contributed by atoms with Crippen molar-refractivity contribution in [2.24, 2.45) is 9.04 Å². The molecule has 1 aromatic rings. The van der Waals surface area contributed by atoms with Crippen molar-refractivity contribution >= 4 is 25.6 Å². The number of azide groups is 2. The molecule has 0 radical (unpaired) electrons. The molecule has 1 aliphatic rings. The van der Waals surface area contributed by atoms with Gasteiger partial charge in [0.1, 0.15) is 0 Å². The highest BCUT2D eigenvalue weighted by molar-refractivity contribution is 8.09. The van der Waals surface area contributed by atoms with Crippen LogP contribution >= 0.6 is 0 Å². The number of benzene rings is 1. The van der Waals surface area contributed by atoms with E-state index in [0.29, 0.717) is 5.57 Å². The molecular weight excluding hydrogens is 356 g/mol. The quantitative estimate of drug-likeness (QED) is 0.444. The molecule has 0 saturated carbocycles. The van der Waals surface area contributed by atoms with Crippen molar-refractivity contribution < 1.29 is 16.8 Å². The second-order valence-corrected chi connectivity index (χ2v) is 8.61. The highest BCUT2D eigenvalue weighted by Gasteiger charge is 2.53. The molecule has 0 N–H and O–H groups in total. The SMILES string of the molecule is [N-]=[N+]=NS(=O)(=O)C1(S(=O)(=O)N=[N+]=[N-])C=CC(c2ccccc2)=CC1. The molecule has 1 aromatic carbocycles. The van der Waals surface area contributed by atoms with Crippen molar-refractivity contribution in [2.45, 2.75) is 10.5 Å². The maximum Gasteiger partial charge on any atom is 0.260 e. The van der Waals surface area contributed by atoms with Gasteiger partial charge in [-0.3, -0.25) is 0 Å². The van der Waals surface area contributed by atoms with Crippen LogP contribution in [-0.2, 0) is 20.0 Å². The summed E-state index contributed by atoms with van der Waals surface area (Å²) in [6.07, 6.45) is 2.94. The normalized spacial score (nSPS) is 20.4. The average molecular weight is 366 g/mol. The fourth-order valence-corrected chi connectivity index (χ4v) is 5.00. The summed E-state index contributed by atoms with van der Waals surface area (Å²) >= 11 is 0. The van der Waals surface area contributed by atoms with E-state index in [1.165, 1.54) is 12.2 Å². The van der Waals surface area contributed by atoms with Gasteiger partial charge >= 0.3 is 0 Å². The highest BCUT2D eigenvalue weighted by atomic mass is 32.3. The summed E-state index contributed by atoms with van der Waals surface area (Å²) < 4.78 is 51.4. The van der Waals surface area contributed by atoms with E-state index in [2.05, 4.69) is 18.9 Å². The van der Waals surface area contributed by atoms with Crippen LogP contribution in [0.3, 0.4) is 0 Å². The Bertz CT molecular complexity index is 967. The van der Waals surface area contributed by atoms with E-state index < -0.39 is 30.5 Å². The van der Waals surface area contributed by atoms with Gasteiger partial charge in [-0.1, -0.05) is 42.5 Å². The minimum absolute atomic E-state index is 0.559. The molecule has 0 atom stereocenters. The Kier molecular flexibility index (Phi) is 4.67. The molecule has 0 aromatic heterocycles. The van der Waals surface area contributed by atoms with Crippen molar-refractivity contribution in [2.75, 3.05) is 0 Å². The van der Waals surface area contributed by atoms with Crippen molar-refractivity contribution in [3.63, 3.8) is 0 Å². The Morgan fingerprint density at radius 3 is 1.92 bits per heavy atom. The van der Waals surface area contributed by atoms with Gasteiger partial charge in [-0.05, 0) is 28.3 Å². The largest absolute Gasteiger partial charge is 0.260 e. The van der Waals surface area contributed by atoms with Crippen LogP contribution in [-0.4, -0.2) is 20.9 Å². The maximum absolute atomic E-state index is 12.2. The molecule has 0 aliphatic heterocycles. The zero-order chi connectivity index (χ0) is 17.8. The third kappa shape index (κ3) is 2.86. The Morgan fingerprint density at radius 2 is 1.50 bits per heavy atom. The summed E-state index contributed by atoms with van der Waals surface area (Å²) in [5.74, 6) is 0. The molecule has 0 spiro atoms. The first-order valence-corrected chi connectivity index (χ1v) is 9.24. The van der Waals surface area contributed by atoms with Gasteiger partial charge in [0.25, 0.3) is 20.0 Å². The predicted octanol–water partition coefficient (Wildman–Crippen LogP) is 3.01. The van der Waals surface area contributed by atoms with Crippen LogP contribution in [0.25, 0.3) is 26.5 Å². The van der Waals surface area contributed by atoms with Crippen LogP contribution in [0, 0.1) is 0 Å². The van der Waals surface area contributed by atoms with Crippen molar-refractivity contribution in [1.82, 2.24) is 0 Å².